The molecule has 1 aromatic carbocycles. The topological polar surface area (TPSA) is 55.1 Å². The molecule has 1 amide bonds. The van der Waals surface area contributed by atoms with Crippen LogP contribution >= 0.6 is 0 Å². The minimum absolute atomic E-state index is 0.159. The Morgan fingerprint density at radius 1 is 1.28 bits per heavy atom. The number of anilines is 1. The molecule has 2 rings (SSSR count). The van der Waals surface area contributed by atoms with Crippen LogP contribution < -0.4 is 11.1 Å². The van der Waals surface area contributed by atoms with Crippen LogP contribution in [0.2, 0.25) is 0 Å². The number of carbonyl (C=O) groups excluding carboxylic acids is 1. The van der Waals surface area contributed by atoms with E-state index in [1.54, 1.807) is 0 Å². The van der Waals surface area contributed by atoms with Crippen LogP contribution in [0, 0.1) is 5.41 Å². The molecule has 0 atom stereocenters. The maximum Gasteiger partial charge on any atom is 0.230 e. The Balaban J connectivity index is 1.98. The summed E-state index contributed by atoms with van der Waals surface area (Å²) in [5.41, 5.74) is 7.43. The first-order chi connectivity index (χ1) is 8.64. The fraction of sp³-hybridized carbons (Fsp3) is 0.533. The van der Waals surface area contributed by atoms with Gasteiger partial charge in [-0.1, -0.05) is 31.9 Å². The lowest BCUT2D eigenvalue weighted by molar-refractivity contribution is -0.124. The second-order valence-corrected chi connectivity index (χ2v) is 5.46. The number of hydrogen-bond donors (Lipinski definition) is 2. The molecule has 3 heteroatoms. The highest BCUT2D eigenvalue weighted by Crippen LogP contribution is 2.38. The molecule has 18 heavy (non-hydrogen) atoms. The average Bonchev–Trinajstić information content (AvgIpc) is 2.80. The molecule has 1 aliphatic carbocycles. The first kappa shape index (κ1) is 13.1. The molecule has 0 radical (unpaired) electrons. The van der Waals surface area contributed by atoms with Gasteiger partial charge >= 0.3 is 0 Å². The first-order valence-corrected chi connectivity index (χ1v) is 6.74. The summed E-state index contributed by atoms with van der Waals surface area (Å²) in [6, 6.07) is 7.97. The Bertz CT molecular complexity index is 405. The summed E-state index contributed by atoms with van der Waals surface area (Å²) in [5.74, 6) is 0.159. The highest BCUT2D eigenvalue weighted by atomic mass is 16.2. The van der Waals surface area contributed by atoms with Crippen molar-refractivity contribution >= 4 is 11.6 Å². The summed E-state index contributed by atoms with van der Waals surface area (Å²) in [4.78, 5) is 12.2. The lowest BCUT2D eigenvalue weighted by Gasteiger charge is -2.22. The van der Waals surface area contributed by atoms with Crippen LogP contribution in [0.15, 0.2) is 24.3 Å². The Morgan fingerprint density at radius 3 is 2.44 bits per heavy atom. The Hall–Kier alpha value is -1.35. The minimum Gasteiger partial charge on any atom is -0.330 e. The molecular weight excluding hydrogens is 224 g/mol. The number of carbonyl (C=O) groups is 1. The quantitative estimate of drug-likeness (QED) is 0.858. The Labute approximate surface area is 109 Å². The molecule has 0 aromatic heterocycles. The van der Waals surface area contributed by atoms with Crippen LogP contribution in [0.25, 0.3) is 0 Å². The fourth-order valence-corrected chi connectivity index (χ4v) is 2.59. The van der Waals surface area contributed by atoms with Gasteiger partial charge in [0.15, 0.2) is 0 Å². The van der Waals surface area contributed by atoms with Crippen molar-refractivity contribution in [3.8, 4) is 0 Å². The molecule has 3 nitrogen and oxygen atoms in total. The van der Waals surface area contributed by atoms with Gasteiger partial charge in [-0.3, -0.25) is 4.79 Å². The van der Waals surface area contributed by atoms with Crippen LogP contribution in [0.4, 0.5) is 5.69 Å². The highest BCUT2D eigenvalue weighted by Gasteiger charge is 2.36. The zero-order valence-electron chi connectivity index (χ0n) is 11.0. The van der Waals surface area contributed by atoms with Gasteiger partial charge < -0.3 is 11.1 Å². The number of benzene rings is 1. The van der Waals surface area contributed by atoms with E-state index in [4.69, 9.17) is 5.73 Å². The van der Waals surface area contributed by atoms with Gasteiger partial charge in [0.05, 0.1) is 0 Å². The van der Waals surface area contributed by atoms with Crippen LogP contribution in [-0.2, 0) is 11.2 Å². The number of hydrogen-bond acceptors (Lipinski definition) is 2. The molecule has 1 aromatic rings. The number of rotatable bonds is 4. The van der Waals surface area contributed by atoms with E-state index in [9.17, 15) is 4.79 Å². The van der Waals surface area contributed by atoms with Gasteiger partial charge in [-0.15, -0.1) is 0 Å². The Morgan fingerprint density at radius 2 is 1.89 bits per heavy atom. The molecule has 1 saturated carbocycles. The van der Waals surface area contributed by atoms with Gasteiger partial charge in [-0.25, -0.2) is 0 Å². The molecular formula is C15H22N2O. The number of nitrogens with two attached hydrogens (primary N) is 1. The van der Waals surface area contributed by atoms with Crippen molar-refractivity contribution in [2.24, 2.45) is 11.1 Å². The van der Waals surface area contributed by atoms with Gasteiger partial charge in [0.25, 0.3) is 0 Å². The van der Waals surface area contributed by atoms with E-state index >= 15 is 0 Å². The zero-order chi connectivity index (χ0) is 13.0. The summed E-state index contributed by atoms with van der Waals surface area (Å²) < 4.78 is 0. The molecule has 0 bridgehead atoms. The maximum absolute atomic E-state index is 12.2. The fourth-order valence-electron chi connectivity index (χ4n) is 2.59. The van der Waals surface area contributed by atoms with Crippen molar-refractivity contribution in [1.29, 1.82) is 0 Å². The van der Waals surface area contributed by atoms with Crippen molar-refractivity contribution in [1.82, 2.24) is 0 Å². The molecule has 0 spiro atoms. The first-order valence-electron chi connectivity index (χ1n) is 6.74. The summed E-state index contributed by atoms with van der Waals surface area (Å²) in [7, 11) is 0. The van der Waals surface area contributed by atoms with Crippen molar-refractivity contribution in [2.75, 3.05) is 11.9 Å². The molecule has 1 fully saturated rings. The maximum atomic E-state index is 12.2. The van der Waals surface area contributed by atoms with Crippen LogP contribution in [0.1, 0.15) is 38.2 Å². The van der Waals surface area contributed by atoms with E-state index < -0.39 is 0 Å². The third-order valence-corrected chi connectivity index (χ3v) is 3.90. The zero-order valence-corrected chi connectivity index (χ0v) is 11.0. The van der Waals surface area contributed by atoms with Crippen molar-refractivity contribution in [3.63, 3.8) is 0 Å². The van der Waals surface area contributed by atoms with E-state index in [1.807, 2.05) is 24.3 Å². The summed E-state index contributed by atoms with van der Waals surface area (Å²) in [6.45, 7) is 2.72. The molecule has 3 N–H and O–H groups in total. The van der Waals surface area contributed by atoms with Crippen molar-refractivity contribution in [3.05, 3.63) is 29.8 Å². The molecule has 0 saturated heterocycles. The molecule has 98 valence electrons. The molecule has 0 aliphatic heterocycles. The van der Waals surface area contributed by atoms with Gasteiger partial charge in [0.1, 0.15) is 0 Å². The Kier molecular flexibility index (Phi) is 4.02. The summed E-state index contributed by atoms with van der Waals surface area (Å²) in [5, 5.41) is 3.02. The standard InChI is InChI=1S/C15H22N2O/c1-15(9-2-3-10-15)14(18)17-13-6-4-12(5-7-13)8-11-16/h4-7H,2-3,8-11,16H2,1H3,(H,17,18). The van der Waals surface area contributed by atoms with E-state index in [1.165, 1.54) is 18.4 Å². The SMILES string of the molecule is CC1(C(=O)Nc2ccc(CCN)cc2)CCCC1. The third-order valence-electron chi connectivity index (χ3n) is 3.90. The van der Waals surface area contributed by atoms with E-state index in [2.05, 4.69) is 12.2 Å². The monoisotopic (exact) mass is 246 g/mol. The lowest BCUT2D eigenvalue weighted by atomic mass is 9.88. The van der Waals surface area contributed by atoms with Crippen molar-refractivity contribution < 1.29 is 4.79 Å². The normalized spacial score (nSPS) is 17.7. The van der Waals surface area contributed by atoms with E-state index in [-0.39, 0.29) is 11.3 Å². The average molecular weight is 246 g/mol. The van der Waals surface area contributed by atoms with Crippen molar-refractivity contribution in [2.45, 2.75) is 39.0 Å². The third kappa shape index (κ3) is 2.91. The summed E-state index contributed by atoms with van der Waals surface area (Å²) >= 11 is 0. The predicted molar refractivity (Wildman–Crippen MR) is 74.4 cm³/mol. The van der Waals surface area contributed by atoms with Crippen LogP contribution in [0.3, 0.4) is 0 Å². The second kappa shape index (κ2) is 5.53. The van der Waals surface area contributed by atoms with Gasteiger partial charge in [-0.2, -0.15) is 0 Å². The lowest BCUT2D eigenvalue weighted by Crippen LogP contribution is -2.30. The van der Waals surface area contributed by atoms with E-state index in [0.29, 0.717) is 6.54 Å². The van der Waals surface area contributed by atoms with E-state index in [0.717, 1.165) is 24.9 Å². The van der Waals surface area contributed by atoms with Gasteiger partial charge in [0.2, 0.25) is 5.91 Å². The number of amides is 1. The van der Waals surface area contributed by atoms with Gasteiger partial charge in [0, 0.05) is 11.1 Å². The second-order valence-electron chi connectivity index (χ2n) is 5.46. The molecule has 0 heterocycles. The molecule has 0 unspecified atom stereocenters. The molecule has 1 aliphatic rings. The van der Waals surface area contributed by atoms with Crippen LogP contribution in [0.5, 0.6) is 0 Å². The summed E-state index contributed by atoms with van der Waals surface area (Å²) in [6.07, 6.45) is 5.22. The number of nitrogens with one attached hydrogen (secondary N) is 1. The largest absolute Gasteiger partial charge is 0.330 e. The predicted octanol–water partition coefficient (Wildman–Crippen LogP) is 2.71. The highest BCUT2D eigenvalue weighted by molar-refractivity contribution is 5.95. The smallest absolute Gasteiger partial charge is 0.230 e. The minimum atomic E-state index is -0.171. The van der Waals surface area contributed by atoms with Gasteiger partial charge in [-0.05, 0) is 43.5 Å². The van der Waals surface area contributed by atoms with Crippen LogP contribution in [-0.4, -0.2) is 12.5 Å².